The van der Waals surface area contributed by atoms with E-state index in [2.05, 4.69) is 11.9 Å². The maximum absolute atomic E-state index is 13.9. The number of hydrogen-bond acceptors (Lipinski definition) is 5. The quantitative estimate of drug-likeness (QED) is 0.418. The summed E-state index contributed by atoms with van der Waals surface area (Å²) in [5.41, 5.74) is 1.99. The van der Waals surface area contributed by atoms with Crippen molar-refractivity contribution in [3.63, 3.8) is 0 Å². The predicted molar refractivity (Wildman–Crippen MR) is 127 cm³/mol. The van der Waals surface area contributed by atoms with Gasteiger partial charge in [-0.05, 0) is 35.9 Å². The number of esters is 1. The predicted octanol–water partition coefficient (Wildman–Crippen LogP) is 4.83. The van der Waals surface area contributed by atoms with Crippen molar-refractivity contribution in [1.82, 2.24) is 9.88 Å². The van der Waals surface area contributed by atoms with E-state index in [1.54, 1.807) is 4.90 Å². The molecular weight excluding hydrogens is 436 g/mol. The van der Waals surface area contributed by atoms with Gasteiger partial charge < -0.3 is 14.6 Å². The molecule has 1 aromatic carbocycles. The molecule has 33 heavy (non-hydrogen) atoms. The number of aromatic amines is 1. The van der Waals surface area contributed by atoms with Crippen LogP contribution in [-0.4, -0.2) is 40.7 Å². The summed E-state index contributed by atoms with van der Waals surface area (Å²) in [6.07, 6.45) is 3.47. The first-order valence-electron chi connectivity index (χ1n) is 11.6. The molecule has 4 heterocycles. The molecule has 3 aromatic rings. The van der Waals surface area contributed by atoms with E-state index in [1.165, 1.54) is 18.4 Å². The summed E-state index contributed by atoms with van der Waals surface area (Å²) in [6, 6.07) is 11.0. The topological polar surface area (TPSA) is 79.5 Å². The lowest BCUT2D eigenvalue weighted by Crippen LogP contribution is -2.67. The number of benzene rings is 1. The number of nitrogens with zero attached hydrogens (tertiary/aromatic N) is 1. The van der Waals surface area contributed by atoms with Gasteiger partial charge in [0.15, 0.2) is 5.78 Å². The van der Waals surface area contributed by atoms with Crippen molar-refractivity contribution < 1.29 is 19.1 Å². The van der Waals surface area contributed by atoms with Gasteiger partial charge in [-0.2, -0.15) is 0 Å². The summed E-state index contributed by atoms with van der Waals surface area (Å²) in [5.74, 6) is -0.890. The molecule has 0 aliphatic carbocycles. The van der Waals surface area contributed by atoms with Crippen LogP contribution < -0.4 is 0 Å². The highest BCUT2D eigenvalue weighted by Crippen LogP contribution is 2.53. The number of carbonyl (C=O) groups is 3. The van der Waals surface area contributed by atoms with Gasteiger partial charge in [-0.3, -0.25) is 9.59 Å². The summed E-state index contributed by atoms with van der Waals surface area (Å²) in [4.78, 5) is 46.5. The third kappa shape index (κ3) is 3.24. The number of carbonyl (C=O) groups excluding carboxylic acids is 3. The lowest BCUT2D eigenvalue weighted by Gasteiger charge is -2.56. The Bertz CT molecular complexity index is 1210. The molecule has 1 saturated heterocycles. The Hall–Kier alpha value is -2.93. The number of Topliss-reactive ketones (excluding diaryl/α,β-unsaturated/α-hetero) is 1. The molecule has 3 atom stereocenters. The van der Waals surface area contributed by atoms with Crippen LogP contribution in [0.3, 0.4) is 0 Å². The Morgan fingerprint density at radius 3 is 2.79 bits per heavy atom. The molecule has 0 radical (unpaired) electrons. The normalized spacial score (nSPS) is 24.4. The Morgan fingerprint density at radius 2 is 2.06 bits per heavy atom. The van der Waals surface area contributed by atoms with Gasteiger partial charge in [0.1, 0.15) is 6.04 Å². The molecular formula is C26H28N2O4S. The molecule has 1 fully saturated rings. The molecule has 2 aliphatic rings. The number of amides is 1. The van der Waals surface area contributed by atoms with E-state index in [1.807, 2.05) is 41.8 Å². The lowest BCUT2D eigenvalue weighted by atomic mass is 9.65. The molecule has 1 amide bonds. The number of ketones is 1. The van der Waals surface area contributed by atoms with Crippen LogP contribution in [0.15, 0.2) is 41.8 Å². The monoisotopic (exact) mass is 464 g/mol. The minimum Gasteiger partial charge on any atom is -0.467 e. The van der Waals surface area contributed by atoms with E-state index in [0.29, 0.717) is 24.1 Å². The molecule has 0 unspecified atom stereocenters. The number of H-pyrrole nitrogens is 1. The summed E-state index contributed by atoms with van der Waals surface area (Å²) in [7, 11) is 1.36. The van der Waals surface area contributed by atoms with Crippen LogP contribution in [0.25, 0.3) is 10.9 Å². The van der Waals surface area contributed by atoms with Crippen LogP contribution in [0.5, 0.6) is 0 Å². The average molecular weight is 465 g/mol. The Labute approximate surface area is 196 Å². The molecule has 6 nitrogen and oxygen atoms in total. The average Bonchev–Trinajstić information content (AvgIpc) is 3.50. The number of nitrogens with one attached hydrogen (secondary N) is 1. The number of rotatable bonds is 6. The zero-order valence-electron chi connectivity index (χ0n) is 18.9. The van der Waals surface area contributed by atoms with Crippen LogP contribution in [0.1, 0.15) is 60.0 Å². The van der Waals surface area contributed by atoms with Crippen molar-refractivity contribution in [2.24, 2.45) is 5.92 Å². The van der Waals surface area contributed by atoms with Gasteiger partial charge >= 0.3 is 5.97 Å². The van der Waals surface area contributed by atoms with E-state index in [9.17, 15) is 14.4 Å². The third-order valence-corrected chi connectivity index (χ3v) is 8.23. The molecule has 2 aliphatic heterocycles. The van der Waals surface area contributed by atoms with Crippen molar-refractivity contribution in [1.29, 1.82) is 0 Å². The maximum Gasteiger partial charge on any atom is 0.328 e. The maximum atomic E-state index is 13.9. The first kappa shape index (κ1) is 21.9. The third-order valence-electron chi connectivity index (χ3n) is 7.34. The SMILES string of the molecule is CCCC[C@]12c3[nH]c4ccccc4c3C[C@@H](C(=O)OC)N1C(=O)CC[C@@H]2C(=O)c1cccs1. The standard InChI is InChI=1S/C26H28N2O4S/c1-3-4-13-26-18(23(30)21-10-7-14-33-21)11-12-22(29)28(26)20(25(31)32-2)15-17-16-8-5-6-9-19(16)27-24(17)26/h5-10,14,18,20,27H,3-4,11-13,15H2,1-2H3/t18-,20+,26+/m1/s1. The summed E-state index contributed by atoms with van der Waals surface area (Å²) >= 11 is 1.43. The molecule has 0 bridgehead atoms. The second-order valence-electron chi connectivity index (χ2n) is 8.99. The van der Waals surface area contributed by atoms with Gasteiger partial charge in [-0.25, -0.2) is 4.79 Å². The molecule has 2 aromatic heterocycles. The first-order chi connectivity index (χ1) is 16.0. The van der Waals surface area contributed by atoms with Crippen molar-refractivity contribution in [2.45, 2.75) is 57.0 Å². The summed E-state index contributed by atoms with van der Waals surface area (Å²) < 4.78 is 5.18. The van der Waals surface area contributed by atoms with Gasteiger partial charge in [0.2, 0.25) is 5.91 Å². The fourth-order valence-electron chi connectivity index (χ4n) is 5.96. The number of methoxy groups -OCH3 is 1. The fraction of sp³-hybridized carbons (Fsp3) is 0.423. The highest BCUT2D eigenvalue weighted by Gasteiger charge is 2.60. The minimum absolute atomic E-state index is 0.0497. The summed E-state index contributed by atoms with van der Waals surface area (Å²) in [5, 5.41) is 2.95. The number of ether oxygens (including phenoxy) is 1. The molecule has 7 heteroatoms. The second-order valence-corrected chi connectivity index (χ2v) is 9.94. The fourth-order valence-corrected chi connectivity index (χ4v) is 6.68. The highest BCUT2D eigenvalue weighted by molar-refractivity contribution is 7.12. The Kier molecular flexibility index (Phi) is 5.60. The van der Waals surface area contributed by atoms with Crippen LogP contribution in [-0.2, 0) is 26.3 Å². The van der Waals surface area contributed by atoms with Crippen LogP contribution in [0.2, 0.25) is 0 Å². The summed E-state index contributed by atoms with van der Waals surface area (Å²) in [6.45, 7) is 2.11. The molecule has 1 N–H and O–H groups in total. The van der Waals surface area contributed by atoms with Gasteiger partial charge in [0.05, 0.1) is 23.4 Å². The number of thiophene rings is 1. The van der Waals surface area contributed by atoms with E-state index >= 15 is 0 Å². The van der Waals surface area contributed by atoms with Crippen molar-refractivity contribution in [3.05, 3.63) is 57.9 Å². The van der Waals surface area contributed by atoms with E-state index in [4.69, 9.17) is 4.74 Å². The van der Waals surface area contributed by atoms with Crippen LogP contribution >= 0.6 is 11.3 Å². The van der Waals surface area contributed by atoms with Crippen LogP contribution in [0, 0.1) is 5.92 Å². The molecule has 0 saturated carbocycles. The number of aromatic nitrogens is 1. The van der Waals surface area contributed by atoms with E-state index in [-0.39, 0.29) is 18.1 Å². The zero-order chi connectivity index (χ0) is 23.2. The molecule has 0 spiro atoms. The van der Waals surface area contributed by atoms with Gasteiger partial charge in [0, 0.05) is 29.4 Å². The number of para-hydroxylation sites is 1. The second kappa shape index (κ2) is 8.45. The van der Waals surface area contributed by atoms with Crippen LogP contribution in [0.4, 0.5) is 0 Å². The van der Waals surface area contributed by atoms with Gasteiger partial charge in [-0.15, -0.1) is 11.3 Å². The Morgan fingerprint density at radius 1 is 1.24 bits per heavy atom. The van der Waals surface area contributed by atoms with Crippen molar-refractivity contribution in [3.8, 4) is 0 Å². The first-order valence-corrected chi connectivity index (χ1v) is 12.5. The van der Waals surface area contributed by atoms with Gasteiger partial charge in [-0.1, -0.05) is 44.0 Å². The van der Waals surface area contributed by atoms with E-state index in [0.717, 1.165) is 35.0 Å². The smallest absolute Gasteiger partial charge is 0.328 e. The number of fused-ring (bicyclic) bond motifs is 5. The van der Waals surface area contributed by atoms with Crippen molar-refractivity contribution >= 4 is 39.9 Å². The molecule has 172 valence electrons. The largest absolute Gasteiger partial charge is 0.467 e. The lowest BCUT2D eigenvalue weighted by molar-refractivity contribution is -0.168. The Balaban J connectivity index is 1.80. The van der Waals surface area contributed by atoms with Crippen molar-refractivity contribution in [2.75, 3.05) is 7.11 Å². The minimum atomic E-state index is -0.905. The number of piperidine rings is 1. The number of hydrogen-bond donors (Lipinski definition) is 1. The van der Waals surface area contributed by atoms with Gasteiger partial charge in [0.25, 0.3) is 0 Å². The molecule has 5 rings (SSSR count). The zero-order valence-corrected chi connectivity index (χ0v) is 19.7. The highest BCUT2D eigenvalue weighted by atomic mass is 32.1. The van der Waals surface area contributed by atoms with E-state index < -0.39 is 23.5 Å². The number of unbranched alkanes of at least 4 members (excludes halogenated alkanes) is 1.